The number of thiophene rings is 1. The summed E-state index contributed by atoms with van der Waals surface area (Å²) in [4.78, 5) is 16.8. The molecule has 2 aromatic rings. The van der Waals surface area contributed by atoms with Gasteiger partial charge in [-0.2, -0.15) is 16.4 Å². The largest absolute Gasteiger partial charge is 0.335 e. The number of aryl methyl sites for hydroxylation is 1. The van der Waals surface area contributed by atoms with E-state index in [1.807, 2.05) is 11.9 Å². The molecule has 3 rings (SSSR count). The number of aromatic nitrogens is 2. The zero-order valence-corrected chi connectivity index (χ0v) is 13.2. The van der Waals surface area contributed by atoms with Gasteiger partial charge in [-0.1, -0.05) is 0 Å². The Bertz CT molecular complexity index is 599. The first-order valence-electron chi connectivity index (χ1n) is 7.20. The summed E-state index contributed by atoms with van der Waals surface area (Å²) >= 11 is 1.74. The van der Waals surface area contributed by atoms with E-state index < -0.39 is 0 Å². The fourth-order valence-corrected chi connectivity index (χ4v) is 3.53. The molecule has 1 saturated heterocycles. The molecule has 2 aromatic heterocycles. The molecule has 1 amide bonds. The average Bonchev–Trinajstić information content (AvgIpc) is 3.17. The predicted molar refractivity (Wildman–Crippen MR) is 83.4 cm³/mol. The van der Waals surface area contributed by atoms with Crippen molar-refractivity contribution in [1.29, 1.82) is 0 Å². The molecule has 3 heterocycles. The summed E-state index contributed by atoms with van der Waals surface area (Å²) in [6.07, 6.45) is 1.67. The molecule has 0 saturated carbocycles. The highest BCUT2D eigenvalue weighted by Gasteiger charge is 2.26. The van der Waals surface area contributed by atoms with E-state index in [2.05, 4.69) is 33.7 Å². The van der Waals surface area contributed by atoms with Gasteiger partial charge in [-0.05, 0) is 35.4 Å². The molecule has 1 unspecified atom stereocenters. The van der Waals surface area contributed by atoms with E-state index in [9.17, 15) is 4.79 Å². The van der Waals surface area contributed by atoms with Gasteiger partial charge in [0, 0.05) is 45.5 Å². The Morgan fingerprint density at radius 3 is 2.62 bits per heavy atom. The van der Waals surface area contributed by atoms with Crippen molar-refractivity contribution in [2.45, 2.75) is 13.0 Å². The van der Waals surface area contributed by atoms with Gasteiger partial charge in [0.05, 0.1) is 0 Å². The molecular weight excluding hydrogens is 284 g/mol. The molecular formula is C15H20N4OS. The number of piperazine rings is 1. The second kappa shape index (κ2) is 5.99. The molecule has 0 radical (unpaired) electrons. The minimum Gasteiger partial charge on any atom is -0.335 e. The highest BCUT2D eigenvalue weighted by Crippen LogP contribution is 2.23. The minimum absolute atomic E-state index is 0.0813. The van der Waals surface area contributed by atoms with Crippen LogP contribution < -0.4 is 0 Å². The van der Waals surface area contributed by atoms with Crippen LogP contribution in [0.25, 0.3) is 0 Å². The van der Waals surface area contributed by atoms with E-state index in [1.165, 1.54) is 5.56 Å². The molecule has 0 N–H and O–H groups in total. The van der Waals surface area contributed by atoms with Crippen LogP contribution in [0.4, 0.5) is 0 Å². The van der Waals surface area contributed by atoms with Gasteiger partial charge in [0.1, 0.15) is 5.69 Å². The summed E-state index contributed by atoms with van der Waals surface area (Å²) in [6.45, 7) is 5.62. The second-order valence-electron chi connectivity index (χ2n) is 5.40. The van der Waals surface area contributed by atoms with Gasteiger partial charge >= 0.3 is 0 Å². The molecule has 1 atom stereocenters. The van der Waals surface area contributed by atoms with E-state index in [0.29, 0.717) is 11.7 Å². The van der Waals surface area contributed by atoms with E-state index >= 15 is 0 Å². The first-order chi connectivity index (χ1) is 10.2. The van der Waals surface area contributed by atoms with Crippen molar-refractivity contribution in [3.8, 4) is 0 Å². The van der Waals surface area contributed by atoms with E-state index in [1.54, 1.807) is 28.3 Å². The molecule has 0 spiro atoms. The molecule has 0 aliphatic carbocycles. The molecule has 1 aliphatic rings. The molecule has 112 valence electrons. The van der Waals surface area contributed by atoms with Crippen molar-refractivity contribution < 1.29 is 4.79 Å². The van der Waals surface area contributed by atoms with Crippen LogP contribution in [0.3, 0.4) is 0 Å². The van der Waals surface area contributed by atoms with E-state index in [-0.39, 0.29) is 5.91 Å². The van der Waals surface area contributed by atoms with Crippen molar-refractivity contribution >= 4 is 17.2 Å². The third kappa shape index (κ3) is 2.87. The van der Waals surface area contributed by atoms with Gasteiger partial charge < -0.3 is 4.90 Å². The number of carbonyl (C=O) groups excluding carboxylic acids is 1. The molecule has 0 aromatic carbocycles. The molecule has 1 aliphatic heterocycles. The van der Waals surface area contributed by atoms with Crippen molar-refractivity contribution in [2.24, 2.45) is 7.05 Å². The zero-order valence-electron chi connectivity index (χ0n) is 12.4. The van der Waals surface area contributed by atoms with E-state index in [4.69, 9.17) is 0 Å². The lowest BCUT2D eigenvalue weighted by Gasteiger charge is -2.37. The summed E-state index contributed by atoms with van der Waals surface area (Å²) in [7, 11) is 1.81. The Hall–Kier alpha value is -1.66. The summed E-state index contributed by atoms with van der Waals surface area (Å²) in [5, 5.41) is 8.39. The summed E-state index contributed by atoms with van der Waals surface area (Å²) < 4.78 is 1.64. The average molecular weight is 304 g/mol. The Morgan fingerprint density at radius 1 is 1.29 bits per heavy atom. The number of hydrogen-bond donors (Lipinski definition) is 0. The van der Waals surface area contributed by atoms with Crippen molar-refractivity contribution in [3.05, 3.63) is 40.3 Å². The lowest BCUT2D eigenvalue weighted by atomic mass is 10.1. The normalized spacial score (nSPS) is 17.9. The monoisotopic (exact) mass is 304 g/mol. The van der Waals surface area contributed by atoms with Crippen molar-refractivity contribution in [3.63, 3.8) is 0 Å². The lowest BCUT2D eigenvalue weighted by molar-refractivity contribution is 0.0572. The summed E-state index contributed by atoms with van der Waals surface area (Å²) in [5.41, 5.74) is 2.03. The number of rotatable bonds is 3. The lowest BCUT2D eigenvalue weighted by Crippen LogP contribution is -2.49. The Morgan fingerprint density at radius 2 is 2.05 bits per heavy atom. The smallest absolute Gasteiger partial charge is 0.272 e. The van der Waals surface area contributed by atoms with Crippen LogP contribution in [0.1, 0.15) is 29.0 Å². The van der Waals surface area contributed by atoms with Crippen LogP contribution in [-0.2, 0) is 7.05 Å². The molecule has 1 fully saturated rings. The number of carbonyl (C=O) groups is 1. The molecule has 6 heteroatoms. The molecule has 21 heavy (non-hydrogen) atoms. The summed E-state index contributed by atoms with van der Waals surface area (Å²) in [6, 6.07) is 4.38. The van der Waals surface area contributed by atoms with E-state index in [0.717, 1.165) is 26.2 Å². The summed E-state index contributed by atoms with van der Waals surface area (Å²) in [5.74, 6) is 0.0813. The Labute approximate surface area is 128 Å². The van der Waals surface area contributed by atoms with Crippen molar-refractivity contribution in [1.82, 2.24) is 19.6 Å². The van der Waals surface area contributed by atoms with Crippen LogP contribution in [-0.4, -0.2) is 51.7 Å². The standard InChI is InChI=1S/C15H20N4OS/c1-12(13-4-10-21-11-13)18-6-8-19(9-7-18)15(20)14-3-5-16-17(14)2/h3-5,10-12H,6-9H2,1-2H3. The molecule has 0 bridgehead atoms. The van der Waals surface area contributed by atoms with Crippen LogP contribution in [0.5, 0.6) is 0 Å². The Kier molecular flexibility index (Phi) is 4.07. The van der Waals surface area contributed by atoms with Gasteiger partial charge in [-0.3, -0.25) is 14.4 Å². The fraction of sp³-hybridized carbons (Fsp3) is 0.467. The number of hydrogen-bond acceptors (Lipinski definition) is 4. The van der Waals surface area contributed by atoms with Gasteiger partial charge in [-0.25, -0.2) is 0 Å². The number of amides is 1. The maximum Gasteiger partial charge on any atom is 0.272 e. The van der Waals surface area contributed by atoms with Crippen molar-refractivity contribution in [2.75, 3.05) is 26.2 Å². The quantitative estimate of drug-likeness (QED) is 0.871. The first-order valence-corrected chi connectivity index (χ1v) is 8.14. The number of nitrogens with zero attached hydrogens (tertiary/aromatic N) is 4. The fourth-order valence-electron chi connectivity index (χ4n) is 2.78. The highest BCUT2D eigenvalue weighted by molar-refractivity contribution is 7.07. The maximum absolute atomic E-state index is 12.4. The second-order valence-corrected chi connectivity index (χ2v) is 6.18. The minimum atomic E-state index is 0.0813. The zero-order chi connectivity index (χ0) is 14.8. The van der Waals surface area contributed by atoms with Gasteiger partial charge in [0.2, 0.25) is 0 Å². The van der Waals surface area contributed by atoms with Crippen LogP contribution in [0.2, 0.25) is 0 Å². The maximum atomic E-state index is 12.4. The first kappa shape index (κ1) is 14.3. The topological polar surface area (TPSA) is 41.4 Å². The van der Waals surface area contributed by atoms with Gasteiger partial charge in [-0.15, -0.1) is 0 Å². The SMILES string of the molecule is CC(c1ccsc1)N1CCN(C(=O)c2ccnn2C)CC1. The highest BCUT2D eigenvalue weighted by atomic mass is 32.1. The van der Waals surface area contributed by atoms with Crippen LogP contribution in [0, 0.1) is 0 Å². The third-order valence-corrected chi connectivity index (χ3v) is 4.92. The Balaban J connectivity index is 1.60. The predicted octanol–water partition coefficient (Wildman–Crippen LogP) is 2.00. The molecule has 5 nitrogen and oxygen atoms in total. The third-order valence-electron chi connectivity index (χ3n) is 4.21. The van der Waals surface area contributed by atoms with Gasteiger partial charge in [0.15, 0.2) is 0 Å². The van der Waals surface area contributed by atoms with Gasteiger partial charge in [0.25, 0.3) is 5.91 Å². The van der Waals surface area contributed by atoms with Crippen LogP contribution in [0.15, 0.2) is 29.1 Å². The van der Waals surface area contributed by atoms with Crippen LogP contribution >= 0.6 is 11.3 Å².